The first kappa shape index (κ1) is 12.8. The maximum Gasteiger partial charge on any atom is 0.323 e. The highest BCUT2D eigenvalue weighted by Gasteiger charge is 2.25. The van der Waals surface area contributed by atoms with Crippen LogP contribution in [0, 0.1) is 0 Å². The maximum atomic E-state index is 11.8. The average Bonchev–Trinajstić information content (AvgIpc) is 2.27. The summed E-state index contributed by atoms with van der Waals surface area (Å²) in [4.78, 5) is 25.1. The van der Waals surface area contributed by atoms with E-state index in [1.54, 1.807) is 11.9 Å². The van der Waals surface area contributed by atoms with Crippen molar-refractivity contribution < 1.29 is 19.4 Å². The topological polar surface area (TPSA) is 70.1 Å². The molecule has 0 bridgehead atoms. The van der Waals surface area contributed by atoms with E-state index < -0.39 is 5.97 Å². The van der Waals surface area contributed by atoms with Gasteiger partial charge >= 0.3 is 12.0 Å². The number of carboxylic acid groups (broad SMARTS) is 1. The second-order valence-corrected chi connectivity index (χ2v) is 3.99. The van der Waals surface area contributed by atoms with Gasteiger partial charge in [0, 0.05) is 33.4 Å². The molecule has 0 unspecified atom stereocenters. The molecule has 6 heteroatoms. The molecule has 16 heavy (non-hydrogen) atoms. The number of carbonyl (C=O) groups excluding carboxylic acids is 1. The van der Waals surface area contributed by atoms with Crippen LogP contribution in [0.15, 0.2) is 0 Å². The first-order valence-electron chi connectivity index (χ1n) is 5.30. The number of urea groups is 1. The van der Waals surface area contributed by atoms with Crippen LogP contribution in [0.3, 0.4) is 0 Å². The molecule has 1 saturated heterocycles. The smallest absolute Gasteiger partial charge is 0.323 e. The Morgan fingerprint density at radius 1 is 1.31 bits per heavy atom. The van der Waals surface area contributed by atoms with Crippen LogP contribution in [0.2, 0.25) is 0 Å². The van der Waals surface area contributed by atoms with E-state index in [4.69, 9.17) is 9.84 Å². The predicted octanol–water partition coefficient (Wildman–Crippen LogP) is 0.234. The van der Waals surface area contributed by atoms with Gasteiger partial charge in [-0.1, -0.05) is 0 Å². The zero-order chi connectivity index (χ0) is 12.1. The predicted molar refractivity (Wildman–Crippen MR) is 57.3 cm³/mol. The fraction of sp³-hybridized carbons (Fsp3) is 0.800. The van der Waals surface area contributed by atoms with Gasteiger partial charge in [0.1, 0.15) is 6.54 Å². The molecule has 1 fully saturated rings. The summed E-state index contributed by atoms with van der Waals surface area (Å²) in [6.07, 6.45) is 1.62. The lowest BCUT2D eigenvalue weighted by Gasteiger charge is -2.33. The highest BCUT2D eigenvalue weighted by molar-refractivity contribution is 5.79. The molecule has 0 spiro atoms. The van der Waals surface area contributed by atoms with E-state index in [1.807, 2.05) is 0 Å². The van der Waals surface area contributed by atoms with Crippen molar-refractivity contribution in [1.82, 2.24) is 9.80 Å². The van der Waals surface area contributed by atoms with Crippen LogP contribution >= 0.6 is 0 Å². The van der Waals surface area contributed by atoms with Crippen LogP contribution in [-0.2, 0) is 9.53 Å². The molecule has 0 aliphatic carbocycles. The summed E-state index contributed by atoms with van der Waals surface area (Å²) in [7, 11) is 3.20. The third-order valence-corrected chi connectivity index (χ3v) is 2.74. The lowest BCUT2D eigenvalue weighted by atomic mass is 10.1. The van der Waals surface area contributed by atoms with E-state index in [1.165, 1.54) is 11.9 Å². The third-order valence-electron chi connectivity index (χ3n) is 2.74. The minimum atomic E-state index is -1.00. The van der Waals surface area contributed by atoms with Gasteiger partial charge in [-0.25, -0.2) is 4.79 Å². The van der Waals surface area contributed by atoms with Crippen LogP contribution in [-0.4, -0.2) is 66.8 Å². The number of carboxylic acids is 1. The summed E-state index contributed by atoms with van der Waals surface area (Å²) < 4.78 is 5.21. The number of amides is 2. The minimum absolute atomic E-state index is 0.150. The molecule has 0 aromatic carbocycles. The van der Waals surface area contributed by atoms with E-state index in [2.05, 4.69) is 0 Å². The molecule has 1 heterocycles. The molecule has 0 atom stereocenters. The summed E-state index contributed by atoms with van der Waals surface area (Å²) in [5.74, 6) is -1.00. The fourth-order valence-corrected chi connectivity index (χ4v) is 1.77. The Morgan fingerprint density at radius 2 is 1.88 bits per heavy atom. The van der Waals surface area contributed by atoms with Gasteiger partial charge in [-0.15, -0.1) is 0 Å². The molecule has 0 radical (unpaired) electrons. The van der Waals surface area contributed by atoms with Gasteiger partial charge in [0.2, 0.25) is 0 Å². The third kappa shape index (κ3) is 3.37. The molecule has 1 N–H and O–H groups in total. The molecule has 0 aromatic heterocycles. The zero-order valence-electron chi connectivity index (χ0n) is 9.68. The van der Waals surface area contributed by atoms with Crippen LogP contribution in [0.1, 0.15) is 12.8 Å². The SMILES string of the molecule is CN(CC(=O)O)C(=O)N(C)C1CCOCC1. The van der Waals surface area contributed by atoms with Crippen molar-refractivity contribution in [2.24, 2.45) is 0 Å². The van der Waals surface area contributed by atoms with Gasteiger partial charge in [0.15, 0.2) is 0 Å². The summed E-state index contributed by atoms with van der Waals surface area (Å²) in [5.41, 5.74) is 0. The average molecular weight is 230 g/mol. The second-order valence-electron chi connectivity index (χ2n) is 3.99. The number of hydrogen-bond acceptors (Lipinski definition) is 3. The van der Waals surface area contributed by atoms with Crippen LogP contribution < -0.4 is 0 Å². The van der Waals surface area contributed by atoms with Crippen molar-refractivity contribution in [2.75, 3.05) is 33.9 Å². The molecule has 6 nitrogen and oxygen atoms in total. The Balaban J connectivity index is 2.48. The van der Waals surface area contributed by atoms with Crippen molar-refractivity contribution in [3.8, 4) is 0 Å². The molecule has 1 rings (SSSR count). The molecular formula is C10H18N2O4. The van der Waals surface area contributed by atoms with Gasteiger partial charge in [-0.2, -0.15) is 0 Å². The Bertz CT molecular complexity index is 264. The molecular weight excluding hydrogens is 212 g/mol. The molecule has 1 aliphatic rings. The number of nitrogens with zero attached hydrogens (tertiary/aromatic N) is 2. The lowest BCUT2D eigenvalue weighted by Crippen LogP contribution is -2.47. The normalized spacial score (nSPS) is 16.9. The van der Waals surface area contributed by atoms with E-state index in [0.717, 1.165) is 12.8 Å². The Morgan fingerprint density at radius 3 is 2.38 bits per heavy atom. The molecule has 92 valence electrons. The highest BCUT2D eigenvalue weighted by Crippen LogP contribution is 2.13. The zero-order valence-corrected chi connectivity index (χ0v) is 9.68. The van der Waals surface area contributed by atoms with E-state index in [0.29, 0.717) is 13.2 Å². The molecule has 2 amide bonds. The maximum absolute atomic E-state index is 11.8. The van der Waals surface area contributed by atoms with Gasteiger partial charge in [0.05, 0.1) is 0 Å². The van der Waals surface area contributed by atoms with Crippen molar-refractivity contribution in [1.29, 1.82) is 0 Å². The van der Waals surface area contributed by atoms with Crippen molar-refractivity contribution in [3.05, 3.63) is 0 Å². The highest BCUT2D eigenvalue weighted by atomic mass is 16.5. The number of rotatable bonds is 3. The van der Waals surface area contributed by atoms with E-state index in [-0.39, 0.29) is 18.6 Å². The molecule has 0 aromatic rings. The van der Waals surface area contributed by atoms with E-state index >= 15 is 0 Å². The number of ether oxygens (including phenoxy) is 1. The fourth-order valence-electron chi connectivity index (χ4n) is 1.77. The molecule has 0 saturated carbocycles. The Hall–Kier alpha value is -1.30. The van der Waals surface area contributed by atoms with Crippen molar-refractivity contribution >= 4 is 12.0 Å². The minimum Gasteiger partial charge on any atom is -0.480 e. The number of carbonyl (C=O) groups is 2. The summed E-state index contributed by atoms with van der Waals surface area (Å²) in [6.45, 7) is 1.04. The summed E-state index contributed by atoms with van der Waals surface area (Å²) in [6, 6.07) is -0.105. The Kier molecular flexibility index (Phi) is 4.54. The van der Waals surface area contributed by atoms with Gasteiger partial charge in [-0.3, -0.25) is 4.79 Å². The number of hydrogen-bond donors (Lipinski definition) is 1. The van der Waals surface area contributed by atoms with Crippen LogP contribution in [0.5, 0.6) is 0 Å². The summed E-state index contributed by atoms with van der Waals surface area (Å²) in [5, 5.41) is 8.59. The monoisotopic (exact) mass is 230 g/mol. The largest absolute Gasteiger partial charge is 0.480 e. The van der Waals surface area contributed by atoms with Crippen LogP contribution in [0.4, 0.5) is 4.79 Å². The first-order chi connectivity index (χ1) is 7.52. The lowest BCUT2D eigenvalue weighted by molar-refractivity contribution is -0.137. The van der Waals surface area contributed by atoms with Crippen molar-refractivity contribution in [2.45, 2.75) is 18.9 Å². The van der Waals surface area contributed by atoms with Crippen molar-refractivity contribution in [3.63, 3.8) is 0 Å². The number of aliphatic carboxylic acids is 1. The van der Waals surface area contributed by atoms with Gasteiger partial charge < -0.3 is 19.6 Å². The van der Waals surface area contributed by atoms with Crippen LogP contribution in [0.25, 0.3) is 0 Å². The quantitative estimate of drug-likeness (QED) is 0.753. The first-order valence-corrected chi connectivity index (χ1v) is 5.30. The van der Waals surface area contributed by atoms with E-state index in [9.17, 15) is 9.59 Å². The van der Waals surface area contributed by atoms with Gasteiger partial charge in [-0.05, 0) is 12.8 Å². The Labute approximate surface area is 94.8 Å². The summed E-state index contributed by atoms with van der Waals surface area (Å²) >= 11 is 0. The second kappa shape index (κ2) is 5.69. The standard InChI is InChI=1S/C10H18N2O4/c1-11(7-9(13)14)10(15)12(2)8-3-5-16-6-4-8/h8H,3-7H2,1-2H3,(H,13,14). The molecule has 1 aliphatic heterocycles. The number of likely N-dealkylation sites (N-methyl/N-ethyl adjacent to an activating group) is 1. The van der Waals surface area contributed by atoms with Gasteiger partial charge in [0.25, 0.3) is 0 Å².